The Balaban J connectivity index is 1.39. The van der Waals surface area contributed by atoms with E-state index < -0.39 is 0 Å². The maximum atomic E-state index is 14.3. The molecule has 2 bridgehead atoms. The zero-order valence-electron chi connectivity index (χ0n) is 17.7. The van der Waals surface area contributed by atoms with Crippen LogP contribution in [0.25, 0.3) is 0 Å². The highest BCUT2D eigenvalue weighted by Crippen LogP contribution is 2.59. The Kier molecular flexibility index (Phi) is 6.29. The Bertz CT molecular complexity index is 687. The van der Waals surface area contributed by atoms with Crippen LogP contribution in [-0.4, -0.2) is 24.7 Å². The van der Waals surface area contributed by atoms with Gasteiger partial charge in [0, 0.05) is 18.5 Å². The van der Waals surface area contributed by atoms with Crippen LogP contribution in [0.3, 0.4) is 0 Å². The Morgan fingerprint density at radius 2 is 1.86 bits per heavy atom. The predicted molar refractivity (Wildman–Crippen MR) is 115 cm³/mol. The summed E-state index contributed by atoms with van der Waals surface area (Å²) >= 11 is 0. The molecular formula is C25H37FN2O. The number of fused-ring (bicyclic) bond motifs is 2. The quantitative estimate of drug-likeness (QED) is 0.704. The minimum absolute atomic E-state index is 0.102. The van der Waals surface area contributed by atoms with Crippen molar-refractivity contribution >= 4 is 5.91 Å². The standard InChI is InChI=1S/C25H37FN2O/c26-18-24-13-4-14-25(17-24,20-5-2-1-3-6-20)16-19(15-24)7-12-23(29)28-22-10-8-21(27)9-11-22/h1-3,5-6,19,21-22H,4,7-18,27H2,(H,28,29)/t19?,21-,22-,24?,25?. The van der Waals surface area contributed by atoms with Gasteiger partial charge < -0.3 is 11.1 Å². The van der Waals surface area contributed by atoms with Gasteiger partial charge in [-0.15, -0.1) is 0 Å². The van der Waals surface area contributed by atoms with Crippen molar-refractivity contribution in [2.75, 3.05) is 6.67 Å². The summed E-state index contributed by atoms with van der Waals surface area (Å²) in [5, 5.41) is 3.23. The van der Waals surface area contributed by atoms with E-state index in [1.54, 1.807) is 0 Å². The summed E-state index contributed by atoms with van der Waals surface area (Å²) < 4.78 is 14.3. The Hall–Kier alpha value is -1.42. The monoisotopic (exact) mass is 400 g/mol. The normalized spacial score (nSPS) is 37.1. The van der Waals surface area contributed by atoms with Crippen LogP contribution in [0.15, 0.2) is 30.3 Å². The molecule has 1 aromatic carbocycles. The molecule has 3 saturated carbocycles. The van der Waals surface area contributed by atoms with E-state index in [0.29, 0.717) is 24.4 Å². The van der Waals surface area contributed by atoms with Gasteiger partial charge in [0.05, 0.1) is 6.67 Å². The van der Waals surface area contributed by atoms with Crippen molar-refractivity contribution in [1.82, 2.24) is 5.32 Å². The zero-order chi connectivity index (χ0) is 20.3. The Morgan fingerprint density at radius 1 is 1.10 bits per heavy atom. The number of nitrogens with two attached hydrogens (primary N) is 1. The number of hydrogen-bond acceptors (Lipinski definition) is 2. The highest BCUT2D eigenvalue weighted by molar-refractivity contribution is 5.76. The third-order valence-electron chi connectivity index (χ3n) is 8.06. The summed E-state index contributed by atoms with van der Waals surface area (Å²) in [5.41, 5.74) is 7.28. The molecular weight excluding hydrogens is 363 g/mol. The topological polar surface area (TPSA) is 55.1 Å². The number of carbonyl (C=O) groups excluding carboxylic acids is 1. The fraction of sp³-hybridized carbons (Fsp3) is 0.720. The van der Waals surface area contributed by atoms with Crippen LogP contribution in [0.4, 0.5) is 4.39 Å². The average molecular weight is 401 g/mol. The number of carbonyl (C=O) groups is 1. The van der Waals surface area contributed by atoms with Crippen LogP contribution in [0.1, 0.15) is 82.6 Å². The maximum absolute atomic E-state index is 14.3. The van der Waals surface area contributed by atoms with Crippen molar-refractivity contribution in [3.63, 3.8) is 0 Å². The molecule has 3 nitrogen and oxygen atoms in total. The summed E-state index contributed by atoms with van der Waals surface area (Å²) in [7, 11) is 0. The van der Waals surface area contributed by atoms with Gasteiger partial charge in [0.15, 0.2) is 0 Å². The number of rotatable bonds is 6. The van der Waals surface area contributed by atoms with Crippen molar-refractivity contribution in [2.45, 2.75) is 94.5 Å². The first-order chi connectivity index (χ1) is 14.0. The SMILES string of the molecule is N[C@H]1CC[C@H](NC(=O)CCC2CC3(CF)CCCC(c4ccccc4)(C2)C3)CC1. The van der Waals surface area contributed by atoms with Gasteiger partial charge in [-0.25, -0.2) is 0 Å². The lowest BCUT2D eigenvalue weighted by Crippen LogP contribution is -2.48. The summed E-state index contributed by atoms with van der Waals surface area (Å²) in [5.74, 6) is 0.606. The van der Waals surface area contributed by atoms with Crippen molar-refractivity contribution < 1.29 is 9.18 Å². The van der Waals surface area contributed by atoms with Crippen LogP contribution < -0.4 is 11.1 Å². The first-order valence-electron chi connectivity index (χ1n) is 11.7. The van der Waals surface area contributed by atoms with Crippen molar-refractivity contribution in [1.29, 1.82) is 0 Å². The molecule has 0 saturated heterocycles. The van der Waals surface area contributed by atoms with E-state index in [9.17, 15) is 9.18 Å². The second-order valence-corrected chi connectivity index (χ2v) is 10.3. The molecule has 29 heavy (non-hydrogen) atoms. The van der Waals surface area contributed by atoms with Gasteiger partial charge in [-0.1, -0.05) is 36.8 Å². The van der Waals surface area contributed by atoms with Gasteiger partial charge >= 0.3 is 0 Å². The number of nitrogens with one attached hydrogen (secondary N) is 1. The van der Waals surface area contributed by atoms with E-state index in [1.165, 1.54) is 5.56 Å². The second kappa shape index (κ2) is 8.75. The number of amides is 1. The van der Waals surface area contributed by atoms with Gasteiger partial charge in [0.2, 0.25) is 5.91 Å². The highest BCUT2D eigenvalue weighted by Gasteiger charge is 2.51. The van der Waals surface area contributed by atoms with Crippen LogP contribution in [0.2, 0.25) is 0 Å². The van der Waals surface area contributed by atoms with Crippen molar-refractivity contribution in [2.24, 2.45) is 17.1 Å². The fourth-order valence-corrected chi connectivity index (χ4v) is 6.71. The second-order valence-electron chi connectivity index (χ2n) is 10.3. The van der Waals surface area contributed by atoms with Crippen molar-refractivity contribution in [3.05, 3.63) is 35.9 Å². The Labute approximate surface area is 175 Å². The lowest BCUT2D eigenvalue weighted by atomic mass is 9.50. The first kappa shape index (κ1) is 20.8. The lowest BCUT2D eigenvalue weighted by Gasteiger charge is -2.54. The predicted octanol–water partition coefficient (Wildman–Crippen LogP) is 5.03. The fourth-order valence-electron chi connectivity index (χ4n) is 6.71. The molecule has 3 aliphatic carbocycles. The molecule has 0 heterocycles. The number of hydrogen-bond donors (Lipinski definition) is 2. The minimum Gasteiger partial charge on any atom is -0.353 e. The lowest BCUT2D eigenvalue weighted by molar-refractivity contribution is -0.122. The largest absolute Gasteiger partial charge is 0.353 e. The Morgan fingerprint density at radius 3 is 2.59 bits per heavy atom. The molecule has 0 aliphatic heterocycles. The summed E-state index contributed by atoms with van der Waals surface area (Å²) in [6, 6.07) is 11.4. The van der Waals surface area contributed by atoms with Crippen LogP contribution in [-0.2, 0) is 10.2 Å². The van der Waals surface area contributed by atoms with Gasteiger partial charge in [0.1, 0.15) is 0 Å². The molecule has 3 N–H and O–H groups in total. The third-order valence-corrected chi connectivity index (χ3v) is 8.06. The van der Waals surface area contributed by atoms with Crippen molar-refractivity contribution in [3.8, 4) is 0 Å². The summed E-state index contributed by atoms with van der Waals surface area (Å²) in [6.45, 7) is -0.216. The first-order valence-corrected chi connectivity index (χ1v) is 11.7. The number of alkyl halides is 1. The minimum atomic E-state index is -0.216. The molecule has 0 aromatic heterocycles. The molecule has 1 amide bonds. The number of benzene rings is 1. The van der Waals surface area contributed by atoms with Gasteiger partial charge in [-0.3, -0.25) is 9.18 Å². The highest BCUT2D eigenvalue weighted by atomic mass is 19.1. The third kappa shape index (κ3) is 4.68. The van der Waals surface area contributed by atoms with Gasteiger partial charge in [-0.05, 0) is 86.5 Å². The van der Waals surface area contributed by atoms with E-state index in [4.69, 9.17) is 5.73 Å². The molecule has 0 spiro atoms. The molecule has 0 radical (unpaired) electrons. The molecule has 3 unspecified atom stereocenters. The van der Waals surface area contributed by atoms with Gasteiger partial charge in [-0.2, -0.15) is 0 Å². The molecule has 3 fully saturated rings. The molecule has 160 valence electrons. The van der Waals surface area contributed by atoms with Crippen LogP contribution in [0, 0.1) is 11.3 Å². The smallest absolute Gasteiger partial charge is 0.220 e. The van der Waals surface area contributed by atoms with E-state index in [2.05, 4.69) is 35.6 Å². The molecule has 3 atom stereocenters. The van der Waals surface area contributed by atoms with Gasteiger partial charge in [0.25, 0.3) is 0 Å². The molecule has 4 rings (SSSR count). The van der Waals surface area contributed by atoms with Crippen LogP contribution in [0.5, 0.6) is 0 Å². The van der Waals surface area contributed by atoms with E-state index >= 15 is 0 Å². The summed E-state index contributed by atoms with van der Waals surface area (Å²) in [6.07, 6.45) is 11.8. The molecule has 3 aliphatic rings. The zero-order valence-corrected chi connectivity index (χ0v) is 17.7. The summed E-state index contributed by atoms with van der Waals surface area (Å²) in [4.78, 5) is 12.6. The van der Waals surface area contributed by atoms with E-state index in [1.807, 2.05) is 0 Å². The number of halogens is 1. The maximum Gasteiger partial charge on any atom is 0.220 e. The average Bonchev–Trinajstić information content (AvgIpc) is 2.74. The van der Waals surface area contributed by atoms with Crippen LogP contribution >= 0.6 is 0 Å². The van der Waals surface area contributed by atoms with E-state index in [-0.39, 0.29) is 23.4 Å². The van der Waals surface area contributed by atoms with E-state index in [0.717, 1.165) is 70.6 Å². The molecule has 1 aromatic rings. The molecule has 4 heteroatoms.